The molecule has 0 aliphatic carbocycles. The Morgan fingerprint density at radius 1 is 1.35 bits per heavy atom. The molecular weight excluding hydrogens is 276 g/mol. The van der Waals surface area contributed by atoms with E-state index < -0.39 is 16.1 Å². The summed E-state index contributed by atoms with van der Waals surface area (Å²) in [6.07, 6.45) is 3.41. The van der Waals surface area contributed by atoms with E-state index in [1.54, 1.807) is 6.07 Å². The lowest BCUT2D eigenvalue weighted by atomic mass is 10.0. The number of benzene rings is 1. The van der Waals surface area contributed by atoms with Gasteiger partial charge in [0, 0.05) is 12.2 Å². The van der Waals surface area contributed by atoms with Gasteiger partial charge < -0.3 is 5.32 Å². The first-order chi connectivity index (χ1) is 9.38. The highest BCUT2D eigenvalue weighted by Gasteiger charge is 2.34. The first kappa shape index (κ1) is 15.0. The molecule has 1 atom stereocenters. The molecule has 1 fully saturated rings. The molecule has 1 N–H and O–H groups in total. The lowest BCUT2D eigenvalue weighted by Gasteiger charge is -2.32. The highest BCUT2D eigenvalue weighted by Crippen LogP contribution is 2.21. The second kappa shape index (κ2) is 5.93. The van der Waals surface area contributed by atoms with E-state index in [-0.39, 0.29) is 5.91 Å². The Kier molecular flexibility index (Phi) is 4.45. The van der Waals surface area contributed by atoms with Gasteiger partial charge in [-0.25, -0.2) is 8.42 Å². The number of sulfonamides is 1. The van der Waals surface area contributed by atoms with Gasteiger partial charge in [-0.15, -0.1) is 0 Å². The molecule has 0 bridgehead atoms. The Hall–Kier alpha value is -1.40. The van der Waals surface area contributed by atoms with E-state index in [0.717, 1.165) is 24.7 Å². The average molecular weight is 296 g/mol. The Balaban J connectivity index is 2.14. The SMILES string of the molecule is Cc1cccc(NC(=O)C2CCCCN2S(C)(=O)=O)c1. The summed E-state index contributed by atoms with van der Waals surface area (Å²) in [5.74, 6) is -0.249. The van der Waals surface area contributed by atoms with E-state index in [0.29, 0.717) is 18.7 Å². The Morgan fingerprint density at radius 3 is 2.75 bits per heavy atom. The number of hydrogen-bond acceptors (Lipinski definition) is 3. The van der Waals surface area contributed by atoms with Crippen LogP contribution in [-0.2, 0) is 14.8 Å². The summed E-state index contributed by atoms with van der Waals surface area (Å²) in [4.78, 5) is 12.3. The van der Waals surface area contributed by atoms with E-state index in [1.165, 1.54) is 4.31 Å². The number of aryl methyl sites for hydroxylation is 1. The minimum absolute atomic E-state index is 0.249. The molecule has 1 saturated heterocycles. The van der Waals surface area contributed by atoms with Crippen LogP contribution in [0, 0.1) is 6.92 Å². The quantitative estimate of drug-likeness (QED) is 0.924. The van der Waals surface area contributed by atoms with E-state index in [4.69, 9.17) is 0 Å². The number of rotatable bonds is 3. The molecule has 0 aromatic heterocycles. The third-order valence-corrected chi connectivity index (χ3v) is 4.76. The molecule has 1 aliphatic rings. The van der Waals surface area contributed by atoms with Crippen LogP contribution in [0.2, 0.25) is 0 Å². The van der Waals surface area contributed by atoms with Crippen LogP contribution in [0.15, 0.2) is 24.3 Å². The maximum atomic E-state index is 12.3. The smallest absolute Gasteiger partial charge is 0.242 e. The average Bonchev–Trinajstić information content (AvgIpc) is 2.37. The molecule has 1 heterocycles. The fraction of sp³-hybridized carbons (Fsp3) is 0.500. The number of carbonyl (C=O) groups is 1. The topological polar surface area (TPSA) is 66.5 Å². The lowest BCUT2D eigenvalue weighted by Crippen LogP contribution is -2.49. The summed E-state index contributed by atoms with van der Waals surface area (Å²) in [7, 11) is -3.35. The lowest BCUT2D eigenvalue weighted by molar-refractivity contribution is -0.120. The van der Waals surface area contributed by atoms with Gasteiger partial charge in [0.25, 0.3) is 0 Å². The number of hydrogen-bond donors (Lipinski definition) is 1. The summed E-state index contributed by atoms with van der Waals surface area (Å²) in [5, 5.41) is 2.81. The molecule has 1 aliphatic heterocycles. The van der Waals surface area contributed by atoms with Crippen molar-refractivity contribution in [3.63, 3.8) is 0 Å². The zero-order valence-electron chi connectivity index (χ0n) is 11.8. The fourth-order valence-electron chi connectivity index (χ4n) is 2.51. The van der Waals surface area contributed by atoms with Gasteiger partial charge in [0.05, 0.1) is 6.26 Å². The van der Waals surface area contributed by atoms with Crippen molar-refractivity contribution < 1.29 is 13.2 Å². The summed E-state index contributed by atoms with van der Waals surface area (Å²) in [6, 6.07) is 6.88. The zero-order chi connectivity index (χ0) is 14.8. The molecular formula is C14H20N2O3S. The summed E-state index contributed by atoms with van der Waals surface area (Å²) >= 11 is 0. The molecule has 20 heavy (non-hydrogen) atoms. The summed E-state index contributed by atoms with van der Waals surface area (Å²) in [5.41, 5.74) is 1.75. The normalized spacial score (nSPS) is 20.6. The van der Waals surface area contributed by atoms with Crippen LogP contribution < -0.4 is 5.32 Å². The van der Waals surface area contributed by atoms with Crippen molar-refractivity contribution in [2.24, 2.45) is 0 Å². The van der Waals surface area contributed by atoms with Gasteiger partial charge in [0.1, 0.15) is 6.04 Å². The Morgan fingerprint density at radius 2 is 2.10 bits per heavy atom. The van der Waals surface area contributed by atoms with E-state index >= 15 is 0 Å². The number of nitrogens with one attached hydrogen (secondary N) is 1. The van der Waals surface area contributed by atoms with Gasteiger partial charge in [-0.3, -0.25) is 4.79 Å². The third kappa shape index (κ3) is 3.58. The van der Waals surface area contributed by atoms with Crippen molar-refractivity contribution >= 4 is 21.6 Å². The van der Waals surface area contributed by atoms with E-state index in [9.17, 15) is 13.2 Å². The number of carbonyl (C=O) groups excluding carboxylic acids is 1. The molecule has 1 aromatic rings. The molecule has 0 radical (unpaired) electrons. The predicted molar refractivity (Wildman–Crippen MR) is 79.0 cm³/mol. The van der Waals surface area contributed by atoms with Crippen molar-refractivity contribution in [1.29, 1.82) is 0 Å². The molecule has 5 nitrogen and oxygen atoms in total. The molecule has 6 heteroatoms. The van der Waals surface area contributed by atoms with Crippen LogP contribution in [0.25, 0.3) is 0 Å². The van der Waals surface area contributed by atoms with Crippen molar-refractivity contribution in [3.8, 4) is 0 Å². The van der Waals surface area contributed by atoms with E-state index in [2.05, 4.69) is 5.32 Å². The molecule has 1 aromatic carbocycles. The van der Waals surface area contributed by atoms with Gasteiger partial charge in [0.2, 0.25) is 15.9 Å². The van der Waals surface area contributed by atoms with Crippen molar-refractivity contribution in [2.45, 2.75) is 32.2 Å². The van der Waals surface area contributed by atoms with Gasteiger partial charge in [-0.2, -0.15) is 4.31 Å². The molecule has 1 unspecified atom stereocenters. The molecule has 2 rings (SSSR count). The van der Waals surface area contributed by atoms with Crippen molar-refractivity contribution in [1.82, 2.24) is 4.31 Å². The molecule has 0 spiro atoms. The highest BCUT2D eigenvalue weighted by atomic mass is 32.2. The van der Waals surface area contributed by atoms with Crippen LogP contribution >= 0.6 is 0 Å². The van der Waals surface area contributed by atoms with Gasteiger partial charge in [-0.1, -0.05) is 18.6 Å². The number of nitrogens with zero attached hydrogens (tertiary/aromatic N) is 1. The fourth-order valence-corrected chi connectivity index (χ4v) is 3.64. The first-order valence-corrected chi connectivity index (χ1v) is 8.57. The summed E-state index contributed by atoms with van der Waals surface area (Å²) in [6.45, 7) is 2.36. The summed E-state index contributed by atoms with van der Waals surface area (Å²) < 4.78 is 24.8. The maximum Gasteiger partial charge on any atom is 0.242 e. The van der Waals surface area contributed by atoms with Crippen LogP contribution in [-0.4, -0.2) is 37.5 Å². The monoisotopic (exact) mass is 296 g/mol. The van der Waals surface area contributed by atoms with E-state index in [1.807, 2.05) is 25.1 Å². The Bertz CT molecular complexity index is 598. The largest absolute Gasteiger partial charge is 0.325 e. The van der Waals surface area contributed by atoms with Crippen LogP contribution in [0.5, 0.6) is 0 Å². The van der Waals surface area contributed by atoms with Crippen LogP contribution in [0.4, 0.5) is 5.69 Å². The first-order valence-electron chi connectivity index (χ1n) is 6.72. The molecule has 0 saturated carbocycles. The highest BCUT2D eigenvalue weighted by molar-refractivity contribution is 7.88. The third-order valence-electron chi connectivity index (χ3n) is 3.47. The van der Waals surface area contributed by atoms with Gasteiger partial charge >= 0.3 is 0 Å². The second-order valence-electron chi connectivity index (χ2n) is 5.24. The predicted octanol–water partition coefficient (Wildman–Crippen LogP) is 1.75. The van der Waals surface area contributed by atoms with Gasteiger partial charge in [-0.05, 0) is 37.5 Å². The second-order valence-corrected chi connectivity index (χ2v) is 7.18. The molecule has 110 valence electrons. The molecule has 1 amide bonds. The number of anilines is 1. The van der Waals surface area contributed by atoms with Gasteiger partial charge in [0.15, 0.2) is 0 Å². The number of amides is 1. The number of piperidine rings is 1. The van der Waals surface area contributed by atoms with Crippen LogP contribution in [0.1, 0.15) is 24.8 Å². The minimum Gasteiger partial charge on any atom is -0.325 e. The standard InChI is InChI=1S/C14H20N2O3S/c1-11-6-5-7-12(10-11)15-14(17)13-8-3-4-9-16(13)20(2,18)19/h5-7,10,13H,3-4,8-9H2,1-2H3,(H,15,17). The zero-order valence-corrected chi connectivity index (χ0v) is 12.6. The van der Waals surface area contributed by atoms with Crippen molar-refractivity contribution in [3.05, 3.63) is 29.8 Å². The van der Waals surface area contributed by atoms with Crippen molar-refractivity contribution in [2.75, 3.05) is 18.1 Å². The Labute approximate surface area is 120 Å². The maximum absolute atomic E-state index is 12.3. The van der Waals surface area contributed by atoms with Crippen LogP contribution in [0.3, 0.4) is 0 Å². The minimum atomic E-state index is -3.35.